The molecule has 0 unspecified atom stereocenters. The molecule has 0 atom stereocenters. The molecular weight excluding hydrogens is 238 g/mol. The van der Waals surface area contributed by atoms with Gasteiger partial charge in [0.1, 0.15) is 6.20 Å². The maximum Gasteiger partial charge on any atom is 0.343 e. The van der Waals surface area contributed by atoms with Gasteiger partial charge in [-0.3, -0.25) is 4.79 Å². The number of aryl methyl sites for hydroxylation is 1. The second-order valence-corrected chi connectivity index (χ2v) is 3.01. The van der Waals surface area contributed by atoms with Crippen molar-refractivity contribution in [1.29, 1.82) is 0 Å². The first-order valence-electron chi connectivity index (χ1n) is 4.39. The molecule has 0 radical (unpaired) electrons. The van der Waals surface area contributed by atoms with E-state index in [1.807, 2.05) is 0 Å². The Morgan fingerprint density at radius 1 is 1.71 bits per heavy atom. The number of aromatic nitrogens is 2. The summed E-state index contributed by atoms with van der Waals surface area (Å²) in [6, 6.07) is 0. The molecular formula is C8H8F2N4O3. The SMILES string of the molecule is Cc1ncc([N+](=O)[O-])n1CC(=O)NC=C(F)F. The summed E-state index contributed by atoms with van der Waals surface area (Å²) < 4.78 is 24.4. The first kappa shape index (κ1) is 12.7. The minimum atomic E-state index is -2.06. The molecule has 9 heteroatoms. The predicted octanol–water partition coefficient (Wildman–Crippen LogP) is 0.954. The zero-order valence-electron chi connectivity index (χ0n) is 8.68. The number of nitrogens with zero attached hydrogens (tertiary/aromatic N) is 3. The lowest BCUT2D eigenvalue weighted by Gasteiger charge is -2.01. The molecule has 0 aliphatic carbocycles. The second-order valence-electron chi connectivity index (χ2n) is 3.01. The Bertz CT molecular complexity index is 479. The van der Waals surface area contributed by atoms with Crippen LogP contribution in [-0.4, -0.2) is 20.4 Å². The van der Waals surface area contributed by atoms with Crippen molar-refractivity contribution in [1.82, 2.24) is 14.9 Å². The number of hydrogen-bond acceptors (Lipinski definition) is 4. The first-order valence-corrected chi connectivity index (χ1v) is 4.39. The number of carbonyl (C=O) groups excluding carboxylic acids is 1. The molecule has 7 nitrogen and oxygen atoms in total. The van der Waals surface area contributed by atoms with Crippen molar-refractivity contribution in [3.05, 3.63) is 34.4 Å². The molecule has 0 saturated heterocycles. The highest BCUT2D eigenvalue weighted by molar-refractivity contribution is 5.77. The van der Waals surface area contributed by atoms with Crippen LogP contribution in [0.15, 0.2) is 18.5 Å². The Hall–Kier alpha value is -2.32. The van der Waals surface area contributed by atoms with Crippen LogP contribution in [0.25, 0.3) is 0 Å². The lowest BCUT2D eigenvalue weighted by atomic mass is 10.5. The van der Waals surface area contributed by atoms with Crippen LogP contribution in [0.2, 0.25) is 0 Å². The van der Waals surface area contributed by atoms with E-state index in [0.29, 0.717) is 0 Å². The standard InChI is InChI=1S/C8H8F2N4O3/c1-5-11-3-8(14(16)17)13(5)4-7(15)12-2-6(9)10/h2-3H,4H2,1H3,(H,12,15). The van der Waals surface area contributed by atoms with Gasteiger partial charge >= 0.3 is 5.82 Å². The van der Waals surface area contributed by atoms with Gasteiger partial charge in [-0.05, 0) is 4.92 Å². The fraction of sp³-hybridized carbons (Fsp3) is 0.250. The Morgan fingerprint density at radius 2 is 2.35 bits per heavy atom. The highest BCUT2D eigenvalue weighted by atomic mass is 19.3. The number of hydrogen-bond donors (Lipinski definition) is 1. The third-order valence-corrected chi connectivity index (χ3v) is 1.87. The molecule has 17 heavy (non-hydrogen) atoms. The molecule has 1 rings (SSSR count). The number of nitro groups is 1. The number of halogens is 2. The van der Waals surface area contributed by atoms with E-state index in [-0.39, 0.29) is 17.8 Å². The van der Waals surface area contributed by atoms with Gasteiger partial charge in [0.15, 0.2) is 12.4 Å². The average molecular weight is 246 g/mol. The van der Waals surface area contributed by atoms with Gasteiger partial charge < -0.3 is 15.4 Å². The lowest BCUT2D eigenvalue weighted by Crippen LogP contribution is -2.24. The molecule has 0 saturated carbocycles. The summed E-state index contributed by atoms with van der Waals surface area (Å²) in [7, 11) is 0. The number of rotatable bonds is 4. The van der Waals surface area contributed by atoms with Crippen molar-refractivity contribution in [2.24, 2.45) is 0 Å². The quantitative estimate of drug-likeness (QED) is 0.632. The molecule has 92 valence electrons. The summed E-state index contributed by atoms with van der Waals surface area (Å²) in [5, 5.41) is 12.4. The van der Waals surface area contributed by atoms with E-state index < -0.39 is 23.5 Å². The third kappa shape index (κ3) is 3.33. The smallest absolute Gasteiger partial charge is 0.343 e. The molecule has 0 spiro atoms. The van der Waals surface area contributed by atoms with E-state index in [2.05, 4.69) is 4.98 Å². The van der Waals surface area contributed by atoms with Crippen LogP contribution < -0.4 is 5.32 Å². The van der Waals surface area contributed by atoms with Gasteiger partial charge in [0, 0.05) is 6.92 Å². The Morgan fingerprint density at radius 3 is 2.88 bits per heavy atom. The van der Waals surface area contributed by atoms with Crippen LogP contribution in [0, 0.1) is 17.0 Å². The zero-order valence-corrected chi connectivity index (χ0v) is 8.68. The van der Waals surface area contributed by atoms with E-state index in [4.69, 9.17) is 0 Å². The Labute approximate surface area is 93.9 Å². The van der Waals surface area contributed by atoms with Crippen molar-refractivity contribution in [3.63, 3.8) is 0 Å². The van der Waals surface area contributed by atoms with E-state index >= 15 is 0 Å². The molecule has 1 heterocycles. The van der Waals surface area contributed by atoms with E-state index in [1.165, 1.54) is 6.92 Å². The maximum atomic E-state index is 11.7. The van der Waals surface area contributed by atoms with E-state index in [1.54, 1.807) is 5.32 Å². The summed E-state index contributed by atoms with van der Waals surface area (Å²) in [5.74, 6) is -0.930. The van der Waals surface area contributed by atoms with E-state index in [0.717, 1.165) is 10.8 Å². The van der Waals surface area contributed by atoms with Crippen molar-refractivity contribution >= 4 is 11.7 Å². The van der Waals surface area contributed by atoms with Crippen molar-refractivity contribution in [2.75, 3.05) is 0 Å². The molecule has 1 aromatic heterocycles. The number of imidazole rings is 1. The summed E-state index contributed by atoms with van der Waals surface area (Å²) in [5.41, 5.74) is 0. The molecule has 1 N–H and O–H groups in total. The molecule has 1 amide bonds. The molecule has 0 bridgehead atoms. The van der Waals surface area contributed by atoms with Crippen LogP contribution >= 0.6 is 0 Å². The first-order chi connectivity index (χ1) is 7.91. The lowest BCUT2D eigenvalue weighted by molar-refractivity contribution is -0.392. The van der Waals surface area contributed by atoms with Crippen LogP contribution in [0.1, 0.15) is 5.82 Å². The number of nitrogens with one attached hydrogen (secondary N) is 1. The Balaban J connectivity index is 2.81. The normalized spacial score (nSPS) is 9.82. The molecule has 0 aliphatic heterocycles. The fourth-order valence-electron chi connectivity index (χ4n) is 1.12. The van der Waals surface area contributed by atoms with Crippen LogP contribution in [-0.2, 0) is 11.3 Å². The average Bonchev–Trinajstić information content (AvgIpc) is 2.58. The monoisotopic (exact) mass is 246 g/mol. The molecule has 1 aromatic rings. The number of amides is 1. The van der Waals surface area contributed by atoms with Gasteiger partial charge in [-0.15, -0.1) is 0 Å². The van der Waals surface area contributed by atoms with Gasteiger partial charge in [0.25, 0.3) is 12.0 Å². The van der Waals surface area contributed by atoms with Gasteiger partial charge in [0.2, 0.25) is 0 Å². The highest BCUT2D eigenvalue weighted by Gasteiger charge is 2.19. The van der Waals surface area contributed by atoms with Crippen LogP contribution in [0.4, 0.5) is 14.6 Å². The molecule has 0 aromatic carbocycles. The van der Waals surface area contributed by atoms with Gasteiger partial charge in [0.05, 0.1) is 6.20 Å². The Kier molecular flexibility index (Phi) is 3.86. The minimum absolute atomic E-state index is 0.223. The zero-order chi connectivity index (χ0) is 13.0. The summed E-state index contributed by atoms with van der Waals surface area (Å²) in [4.78, 5) is 24.7. The molecule has 0 aliphatic rings. The van der Waals surface area contributed by atoms with Crippen molar-refractivity contribution in [3.8, 4) is 0 Å². The summed E-state index contributed by atoms with van der Waals surface area (Å²) in [6.45, 7) is 1.01. The predicted molar refractivity (Wildman–Crippen MR) is 52.1 cm³/mol. The largest absolute Gasteiger partial charge is 0.358 e. The topological polar surface area (TPSA) is 90.1 Å². The van der Waals surface area contributed by atoms with Gasteiger partial charge in [-0.25, -0.2) is 9.55 Å². The fourth-order valence-corrected chi connectivity index (χ4v) is 1.12. The van der Waals surface area contributed by atoms with Crippen molar-refractivity contribution < 1.29 is 18.5 Å². The number of carbonyl (C=O) groups is 1. The van der Waals surface area contributed by atoms with Crippen LogP contribution in [0.5, 0.6) is 0 Å². The van der Waals surface area contributed by atoms with E-state index in [9.17, 15) is 23.7 Å². The van der Waals surface area contributed by atoms with Gasteiger partial charge in [-0.2, -0.15) is 8.78 Å². The van der Waals surface area contributed by atoms with Crippen molar-refractivity contribution in [2.45, 2.75) is 13.5 Å². The summed E-state index contributed by atoms with van der Waals surface area (Å²) >= 11 is 0. The summed E-state index contributed by atoms with van der Waals surface area (Å²) in [6.07, 6.45) is -0.843. The maximum absolute atomic E-state index is 11.7. The second kappa shape index (κ2) is 5.14. The highest BCUT2D eigenvalue weighted by Crippen LogP contribution is 2.12. The van der Waals surface area contributed by atoms with Gasteiger partial charge in [-0.1, -0.05) is 0 Å². The molecule has 0 fully saturated rings. The minimum Gasteiger partial charge on any atom is -0.358 e. The van der Waals surface area contributed by atoms with Crippen LogP contribution in [0.3, 0.4) is 0 Å². The third-order valence-electron chi connectivity index (χ3n) is 1.87.